The first-order chi connectivity index (χ1) is 8.19. The van der Waals surface area contributed by atoms with Gasteiger partial charge in [0.1, 0.15) is 5.60 Å². The highest BCUT2D eigenvalue weighted by Crippen LogP contribution is 2.11. The van der Waals surface area contributed by atoms with Crippen LogP contribution in [0.5, 0.6) is 0 Å². The van der Waals surface area contributed by atoms with Crippen LogP contribution >= 0.6 is 0 Å². The Morgan fingerprint density at radius 2 is 2.11 bits per heavy atom. The molecule has 0 aromatic carbocycles. The number of carbonyl (C=O) groups excluding carboxylic acids is 1. The normalized spacial score (nSPS) is 12.3. The van der Waals surface area contributed by atoms with Gasteiger partial charge in [0.2, 0.25) is 5.84 Å². The first-order valence-electron chi connectivity index (χ1n) is 5.05. The van der Waals surface area contributed by atoms with Crippen molar-refractivity contribution in [2.45, 2.75) is 26.4 Å². The van der Waals surface area contributed by atoms with Crippen LogP contribution in [0.4, 0.5) is 10.6 Å². The number of aliphatic imine (C=N–C) groups is 1. The lowest BCUT2D eigenvalue weighted by atomic mass is 10.2. The molecule has 0 spiro atoms. The van der Waals surface area contributed by atoms with Crippen molar-refractivity contribution in [1.29, 1.82) is 0 Å². The molecule has 0 amide bonds. The predicted octanol–water partition coefficient (Wildman–Crippen LogP) is 0.740. The van der Waals surface area contributed by atoms with Crippen molar-refractivity contribution in [1.82, 2.24) is 9.78 Å². The molecule has 0 saturated carbocycles. The van der Waals surface area contributed by atoms with Gasteiger partial charge >= 0.3 is 12.1 Å². The molecule has 0 atom stereocenters. The lowest BCUT2D eigenvalue weighted by molar-refractivity contribution is -0.129. The number of hydrogen-bond donors (Lipinski definition) is 2. The van der Waals surface area contributed by atoms with Crippen LogP contribution in [0, 0.1) is 0 Å². The Kier molecular flexibility index (Phi) is 3.70. The van der Waals surface area contributed by atoms with E-state index in [2.05, 4.69) is 10.1 Å². The summed E-state index contributed by atoms with van der Waals surface area (Å²) >= 11 is 0. The molecule has 8 nitrogen and oxygen atoms in total. The minimum absolute atomic E-state index is 0.0146. The summed E-state index contributed by atoms with van der Waals surface area (Å²) in [5.74, 6) is -1.95. The third-order valence-corrected chi connectivity index (χ3v) is 1.61. The number of aromatic nitrogens is 2. The third kappa shape index (κ3) is 3.89. The Morgan fingerprint density at radius 1 is 1.50 bits per heavy atom. The summed E-state index contributed by atoms with van der Waals surface area (Å²) in [6.45, 7) is 5.15. The van der Waals surface area contributed by atoms with Gasteiger partial charge in [0, 0.05) is 12.3 Å². The number of rotatable bonds is 1. The number of nitrogens with two attached hydrogens (primary N) is 1. The summed E-state index contributed by atoms with van der Waals surface area (Å²) in [7, 11) is 0. The molecule has 3 N–H and O–H groups in total. The van der Waals surface area contributed by atoms with Crippen molar-refractivity contribution in [2.75, 3.05) is 0 Å². The van der Waals surface area contributed by atoms with Gasteiger partial charge in [-0.25, -0.2) is 14.6 Å². The van der Waals surface area contributed by atoms with E-state index in [-0.39, 0.29) is 5.82 Å². The Labute approximate surface area is 103 Å². The minimum Gasteiger partial charge on any atom is -0.475 e. The fourth-order valence-electron chi connectivity index (χ4n) is 0.956. The quantitative estimate of drug-likeness (QED) is 0.563. The number of ether oxygens (including phenoxy) is 1. The van der Waals surface area contributed by atoms with Gasteiger partial charge in [-0.15, -0.1) is 5.10 Å². The van der Waals surface area contributed by atoms with Crippen LogP contribution < -0.4 is 5.73 Å². The molecular formula is C10H14N4O4. The van der Waals surface area contributed by atoms with E-state index in [1.165, 1.54) is 12.3 Å². The van der Waals surface area contributed by atoms with Gasteiger partial charge in [-0.2, -0.15) is 4.68 Å². The van der Waals surface area contributed by atoms with Gasteiger partial charge in [-0.05, 0) is 20.8 Å². The zero-order valence-corrected chi connectivity index (χ0v) is 10.2. The fraction of sp³-hybridized carbons (Fsp3) is 0.400. The summed E-state index contributed by atoms with van der Waals surface area (Å²) in [6.07, 6.45) is 0.625. The number of nitrogens with zero attached hydrogens (tertiary/aromatic N) is 3. The lowest BCUT2D eigenvalue weighted by Crippen LogP contribution is -2.27. The summed E-state index contributed by atoms with van der Waals surface area (Å²) in [5.41, 5.74) is 4.47. The summed E-state index contributed by atoms with van der Waals surface area (Å²) in [6, 6.07) is 1.35. The molecule has 98 valence electrons. The smallest absolute Gasteiger partial charge is 0.435 e. The first kappa shape index (κ1) is 13.7. The average molecular weight is 254 g/mol. The molecule has 0 radical (unpaired) electrons. The molecule has 18 heavy (non-hydrogen) atoms. The topological polar surface area (TPSA) is 120 Å². The molecule has 1 rings (SSSR count). The Bertz CT molecular complexity index is 498. The molecule has 0 aliphatic carbocycles. The van der Waals surface area contributed by atoms with Crippen LogP contribution in [-0.4, -0.2) is 38.4 Å². The van der Waals surface area contributed by atoms with Crippen molar-refractivity contribution < 1.29 is 19.4 Å². The molecule has 0 fully saturated rings. The molecule has 0 unspecified atom stereocenters. The van der Waals surface area contributed by atoms with Gasteiger partial charge < -0.3 is 15.6 Å². The van der Waals surface area contributed by atoms with E-state index >= 15 is 0 Å². The lowest BCUT2D eigenvalue weighted by Gasteiger charge is -2.18. The summed E-state index contributed by atoms with van der Waals surface area (Å²) < 4.78 is 5.97. The molecule has 0 aliphatic heterocycles. The van der Waals surface area contributed by atoms with Crippen molar-refractivity contribution in [3.8, 4) is 0 Å². The molecular weight excluding hydrogens is 240 g/mol. The van der Waals surface area contributed by atoms with E-state index in [4.69, 9.17) is 15.6 Å². The highest BCUT2D eigenvalue weighted by atomic mass is 16.6. The molecule has 1 heterocycles. The van der Waals surface area contributed by atoms with Gasteiger partial charge in [0.15, 0.2) is 5.82 Å². The Hall–Kier alpha value is -2.38. The maximum Gasteiger partial charge on any atom is 0.435 e. The van der Waals surface area contributed by atoms with Crippen LogP contribution in [-0.2, 0) is 9.53 Å². The molecule has 0 saturated heterocycles. The van der Waals surface area contributed by atoms with Crippen LogP contribution in [0.15, 0.2) is 17.3 Å². The number of carboxylic acids is 1. The molecule has 0 bridgehead atoms. The summed E-state index contributed by atoms with van der Waals surface area (Å²) in [5, 5.41) is 12.3. The number of hydrogen-bond acceptors (Lipinski definition) is 5. The van der Waals surface area contributed by atoms with Crippen LogP contribution in [0.1, 0.15) is 20.8 Å². The first-order valence-corrected chi connectivity index (χ1v) is 5.05. The standard InChI is InChI=1S/C10H14N4O4/c1-10(2,3)18-9(17)14-5-4-6(13-14)12-7(11)8(15)16/h4-5H,1-3H3,(H,15,16)(H2,11,12,13). The van der Waals surface area contributed by atoms with Crippen LogP contribution in [0.25, 0.3) is 0 Å². The van der Waals surface area contributed by atoms with Gasteiger partial charge in [0.05, 0.1) is 0 Å². The van der Waals surface area contributed by atoms with E-state index in [1.54, 1.807) is 20.8 Å². The second-order valence-electron chi connectivity index (χ2n) is 4.40. The van der Waals surface area contributed by atoms with Crippen molar-refractivity contribution >= 4 is 23.7 Å². The van der Waals surface area contributed by atoms with Crippen molar-refractivity contribution in [2.24, 2.45) is 10.7 Å². The molecule has 1 aromatic rings. The SMILES string of the molecule is CC(C)(C)OC(=O)n1ccc(N=C(N)C(=O)O)n1. The minimum atomic E-state index is -1.36. The number of amidine groups is 1. The molecule has 0 aliphatic rings. The van der Waals surface area contributed by atoms with E-state index in [0.29, 0.717) is 0 Å². The second kappa shape index (κ2) is 4.86. The van der Waals surface area contributed by atoms with Crippen molar-refractivity contribution in [3.63, 3.8) is 0 Å². The molecule has 1 aromatic heterocycles. The summed E-state index contributed by atoms with van der Waals surface area (Å²) in [4.78, 5) is 25.5. The fourth-order valence-corrected chi connectivity index (χ4v) is 0.956. The Balaban J connectivity index is 2.84. The predicted molar refractivity (Wildman–Crippen MR) is 62.8 cm³/mol. The highest BCUT2D eigenvalue weighted by molar-refractivity contribution is 6.34. The Morgan fingerprint density at radius 3 is 2.61 bits per heavy atom. The van der Waals surface area contributed by atoms with E-state index in [1.807, 2.05) is 0 Å². The van der Waals surface area contributed by atoms with Gasteiger partial charge in [-0.1, -0.05) is 0 Å². The van der Waals surface area contributed by atoms with Crippen LogP contribution in [0.3, 0.4) is 0 Å². The second-order valence-corrected chi connectivity index (χ2v) is 4.40. The average Bonchev–Trinajstić information content (AvgIpc) is 2.63. The number of aliphatic carboxylic acids is 1. The number of carbonyl (C=O) groups is 2. The van der Waals surface area contributed by atoms with Crippen LogP contribution in [0.2, 0.25) is 0 Å². The molecule has 8 heteroatoms. The maximum atomic E-state index is 11.6. The zero-order valence-electron chi connectivity index (χ0n) is 10.2. The van der Waals surface area contributed by atoms with E-state index in [9.17, 15) is 9.59 Å². The third-order valence-electron chi connectivity index (χ3n) is 1.61. The highest BCUT2D eigenvalue weighted by Gasteiger charge is 2.18. The van der Waals surface area contributed by atoms with E-state index < -0.39 is 23.5 Å². The maximum absolute atomic E-state index is 11.6. The van der Waals surface area contributed by atoms with Gasteiger partial charge in [-0.3, -0.25) is 0 Å². The van der Waals surface area contributed by atoms with Gasteiger partial charge in [0.25, 0.3) is 0 Å². The number of carboxylic acid groups (broad SMARTS) is 1. The zero-order chi connectivity index (χ0) is 13.9. The largest absolute Gasteiger partial charge is 0.475 e. The monoisotopic (exact) mass is 254 g/mol. The van der Waals surface area contributed by atoms with Crippen molar-refractivity contribution in [3.05, 3.63) is 12.3 Å². The van der Waals surface area contributed by atoms with E-state index in [0.717, 1.165) is 4.68 Å².